The number of nitrogen functional groups attached to an aromatic ring is 1. The van der Waals surface area contributed by atoms with E-state index in [9.17, 15) is 8.42 Å². The van der Waals surface area contributed by atoms with Crippen molar-refractivity contribution in [1.29, 1.82) is 0 Å². The summed E-state index contributed by atoms with van der Waals surface area (Å²) in [5.74, 6) is 0.516. The van der Waals surface area contributed by atoms with E-state index in [2.05, 4.69) is 15.9 Å². The molecule has 106 valence electrons. The Morgan fingerprint density at radius 1 is 1.42 bits per heavy atom. The quantitative estimate of drug-likeness (QED) is 0.833. The SMILES string of the molecule is CCN(CC1CCC1)S(=O)(=O)c1ccc(N)cc1Br. The fourth-order valence-electron chi connectivity index (χ4n) is 2.23. The number of rotatable bonds is 5. The zero-order valence-electron chi connectivity index (χ0n) is 11.0. The molecule has 0 aromatic heterocycles. The molecule has 1 saturated carbocycles. The number of sulfonamides is 1. The zero-order valence-corrected chi connectivity index (χ0v) is 13.4. The third-order valence-electron chi connectivity index (χ3n) is 3.61. The molecule has 0 unspecified atom stereocenters. The van der Waals surface area contributed by atoms with Gasteiger partial charge in [-0.2, -0.15) is 4.31 Å². The van der Waals surface area contributed by atoms with Crippen LogP contribution in [0.15, 0.2) is 27.6 Å². The minimum atomic E-state index is -3.44. The van der Waals surface area contributed by atoms with Crippen LogP contribution in [0.2, 0.25) is 0 Å². The number of hydrogen-bond acceptors (Lipinski definition) is 3. The second-order valence-electron chi connectivity index (χ2n) is 4.94. The third kappa shape index (κ3) is 3.12. The van der Waals surface area contributed by atoms with Gasteiger partial charge in [0.05, 0.1) is 4.90 Å². The second kappa shape index (κ2) is 5.81. The van der Waals surface area contributed by atoms with E-state index in [1.165, 1.54) is 6.42 Å². The number of nitrogens with zero attached hydrogens (tertiary/aromatic N) is 1. The molecule has 0 heterocycles. The van der Waals surface area contributed by atoms with Crippen molar-refractivity contribution in [3.63, 3.8) is 0 Å². The molecule has 2 N–H and O–H groups in total. The van der Waals surface area contributed by atoms with Crippen molar-refractivity contribution in [1.82, 2.24) is 4.31 Å². The predicted molar refractivity (Wildman–Crippen MR) is 80.3 cm³/mol. The molecule has 0 spiro atoms. The Bertz CT molecular complexity index is 556. The van der Waals surface area contributed by atoms with Gasteiger partial charge in [0.15, 0.2) is 0 Å². The fourth-order valence-corrected chi connectivity index (χ4v) is 4.81. The molecule has 6 heteroatoms. The van der Waals surface area contributed by atoms with Gasteiger partial charge in [0.1, 0.15) is 0 Å². The first-order valence-corrected chi connectivity index (χ1v) is 8.73. The second-order valence-corrected chi connectivity index (χ2v) is 7.70. The maximum absolute atomic E-state index is 12.6. The van der Waals surface area contributed by atoms with Crippen LogP contribution in [0.3, 0.4) is 0 Å². The monoisotopic (exact) mass is 346 g/mol. The molecule has 1 aliphatic carbocycles. The van der Waals surface area contributed by atoms with Crippen molar-refractivity contribution in [3.05, 3.63) is 22.7 Å². The van der Waals surface area contributed by atoms with Crippen molar-refractivity contribution in [3.8, 4) is 0 Å². The number of benzene rings is 1. The normalized spacial score (nSPS) is 16.6. The molecule has 0 amide bonds. The van der Waals surface area contributed by atoms with Crippen molar-refractivity contribution in [2.24, 2.45) is 5.92 Å². The summed E-state index contributed by atoms with van der Waals surface area (Å²) in [5.41, 5.74) is 6.20. The van der Waals surface area contributed by atoms with Crippen molar-refractivity contribution in [2.45, 2.75) is 31.1 Å². The highest BCUT2D eigenvalue weighted by molar-refractivity contribution is 9.10. The lowest BCUT2D eigenvalue weighted by atomic mass is 9.85. The molecule has 1 aliphatic rings. The minimum absolute atomic E-state index is 0.294. The van der Waals surface area contributed by atoms with Crippen LogP contribution < -0.4 is 5.73 Å². The van der Waals surface area contributed by atoms with Crippen molar-refractivity contribution >= 4 is 31.6 Å². The maximum Gasteiger partial charge on any atom is 0.244 e. The maximum atomic E-state index is 12.6. The Morgan fingerprint density at radius 3 is 2.58 bits per heavy atom. The summed E-state index contributed by atoms with van der Waals surface area (Å²) in [7, 11) is -3.44. The molecule has 0 saturated heterocycles. The molecule has 0 aliphatic heterocycles. The Labute approximate surface area is 123 Å². The average Bonchev–Trinajstić information content (AvgIpc) is 2.26. The standard InChI is InChI=1S/C13H19BrN2O2S/c1-2-16(9-10-4-3-5-10)19(17,18)13-7-6-11(15)8-12(13)14/h6-8,10H,2-5,9,15H2,1H3. The molecule has 4 nitrogen and oxygen atoms in total. The summed E-state index contributed by atoms with van der Waals surface area (Å²) >= 11 is 3.29. The van der Waals surface area contributed by atoms with E-state index >= 15 is 0 Å². The van der Waals surface area contributed by atoms with E-state index in [4.69, 9.17) is 5.73 Å². The Kier molecular flexibility index (Phi) is 4.53. The van der Waals surface area contributed by atoms with Crippen LogP contribution in [-0.2, 0) is 10.0 Å². The van der Waals surface area contributed by atoms with E-state index in [0.29, 0.717) is 34.1 Å². The summed E-state index contributed by atoms with van der Waals surface area (Å²) in [6.07, 6.45) is 3.48. The van der Waals surface area contributed by atoms with Crippen LogP contribution in [0.4, 0.5) is 5.69 Å². The van der Waals surface area contributed by atoms with Crippen LogP contribution in [0.25, 0.3) is 0 Å². The van der Waals surface area contributed by atoms with Crippen LogP contribution >= 0.6 is 15.9 Å². The summed E-state index contributed by atoms with van der Waals surface area (Å²) in [6.45, 7) is 2.99. The predicted octanol–water partition coefficient (Wildman–Crippen LogP) is 2.84. The van der Waals surface area contributed by atoms with Crippen LogP contribution in [0.5, 0.6) is 0 Å². The van der Waals surface area contributed by atoms with Gasteiger partial charge in [0, 0.05) is 23.2 Å². The van der Waals surface area contributed by atoms with E-state index in [0.717, 1.165) is 12.8 Å². The van der Waals surface area contributed by atoms with Gasteiger partial charge in [-0.05, 0) is 52.9 Å². The van der Waals surface area contributed by atoms with Gasteiger partial charge in [0.2, 0.25) is 10.0 Å². The van der Waals surface area contributed by atoms with Crippen LogP contribution in [0, 0.1) is 5.92 Å². The topological polar surface area (TPSA) is 63.4 Å². The molecule has 1 fully saturated rings. The van der Waals surface area contributed by atoms with Gasteiger partial charge < -0.3 is 5.73 Å². The lowest BCUT2D eigenvalue weighted by molar-refractivity contribution is 0.250. The molecule has 0 atom stereocenters. The highest BCUT2D eigenvalue weighted by atomic mass is 79.9. The van der Waals surface area contributed by atoms with Crippen LogP contribution in [0.1, 0.15) is 26.2 Å². The molecular formula is C13H19BrN2O2S. The molecule has 0 radical (unpaired) electrons. The van der Waals surface area contributed by atoms with E-state index in [1.807, 2.05) is 6.92 Å². The Hall–Kier alpha value is -0.590. The van der Waals surface area contributed by atoms with Crippen molar-refractivity contribution < 1.29 is 8.42 Å². The number of hydrogen-bond donors (Lipinski definition) is 1. The zero-order chi connectivity index (χ0) is 14.0. The largest absolute Gasteiger partial charge is 0.399 e. The smallest absolute Gasteiger partial charge is 0.244 e. The molecule has 0 bridgehead atoms. The van der Waals surface area contributed by atoms with E-state index in [-0.39, 0.29) is 0 Å². The lowest BCUT2D eigenvalue weighted by Gasteiger charge is -2.31. The first-order chi connectivity index (χ1) is 8.95. The highest BCUT2D eigenvalue weighted by Crippen LogP contribution is 2.31. The van der Waals surface area contributed by atoms with Gasteiger partial charge in [-0.15, -0.1) is 0 Å². The summed E-state index contributed by atoms with van der Waals surface area (Å²) in [4.78, 5) is 0.294. The van der Waals surface area contributed by atoms with Gasteiger partial charge in [-0.3, -0.25) is 0 Å². The number of nitrogens with two attached hydrogens (primary N) is 1. The first-order valence-electron chi connectivity index (χ1n) is 6.50. The fraction of sp³-hybridized carbons (Fsp3) is 0.538. The summed E-state index contributed by atoms with van der Waals surface area (Å²) in [6, 6.07) is 4.82. The first kappa shape index (κ1) is 14.8. The van der Waals surface area contributed by atoms with Crippen LogP contribution in [-0.4, -0.2) is 25.8 Å². The Balaban J connectivity index is 2.27. The Morgan fingerprint density at radius 2 is 2.11 bits per heavy atom. The number of anilines is 1. The van der Waals surface area contributed by atoms with E-state index < -0.39 is 10.0 Å². The van der Waals surface area contributed by atoms with Gasteiger partial charge >= 0.3 is 0 Å². The average molecular weight is 347 g/mol. The van der Waals surface area contributed by atoms with Gasteiger partial charge in [0.25, 0.3) is 0 Å². The molecule has 19 heavy (non-hydrogen) atoms. The van der Waals surface area contributed by atoms with Gasteiger partial charge in [-0.25, -0.2) is 8.42 Å². The molecular weight excluding hydrogens is 328 g/mol. The lowest BCUT2D eigenvalue weighted by Crippen LogP contribution is -2.37. The molecule has 1 aromatic carbocycles. The van der Waals surface area contributed by atoms with Crippen molar-refractivity contribution in [2.75, 3.05) is 18.8 Å². The van der Waals surface area contributed by atoms with Gasteiger partial charge in [-0.1, -0.05) is 13.3 Å². The highest BCUT2D eigenvalue weighted by Gasteiger charge is 2.29. The molecule has 1 aromatic rings. The minimum Gasteiger partial charge on any atom is -0.399 e. The number of halogens is 1. The summed E-state index contributed by atoms with van der Waals surface area (Å²) in [5, 5.41) is 0. The molecule has 2 rings (SSSR count). The third-order valence-corrected chi connectivity index (χ3v) is 6.53. The van der Waals surface area contributed by atoms with E-state index in [1.54, 1.807) is 22.5 Å². The summed E-state index contributed by atoms with van der Waals surface area (Å²) < 4.78 is 27.3.